The Hall–Kier alpha value is -1.36. The fraction of sp³-hybridized carbons (Fsp3) is 0.750. The molecular weight excluding hydrogens is 264 g/mol. The summed E-state index contributed by atoms with van der Waals surface area (Å²) in [7, 11) is 2.08. The minimum atomic E-state index is 0.279. The molecule has 0 aliphatic rings. The predicted molar refractivity (Wildman–Crippen MR) is 89.1 cm³/mol. The van der Waals surface area contributed by atoms with Crippen molar-refractivity contribution in [3.05, 3.63) is 11.4 Å². The Labute approximate surface area is 128 Å². The lowest BCUT2D eigenvalue weighted by molar-refractivity contribution is 0.283. The van der Waals surface area contributed by atoms with Crippen molar-refractivity contribution in [1.82, 2.24) is 9.97 Å². The summed E-state index contributed by atoms with van der Waals surface area (Å²) in [5.74, 6) is 2.86. The molecule has 0 unspecified atom stereocenters. The minimum absolute atomic E-state index is 0.279. The van der Waals surface area contributed by atoms with Gasteiger partial charge in [-0.2, -0.15) is 0 Å². The second kappa shape index (κ2) is 9.55. The Kier molecular flexibility index (Phi) is 8.05. The molecule has 1 aromatic heterocycles. The van der Waals surface area contributed by atoms with E-state index in [0.717, 1.165) is 68.2 Å². The molecule has 1 aromatic rings. The summed E-state index contributed by atoms with van der Waals surface area (Å²) in [4.78, 5) is 11.5. The standard InChI is InChI=1S/C16H30N4O/c1-5-10-17-15-13(3)16(19-14(6-2)18-15)20(4)11-8-7-9-12-21/h21H,5-12H2,1-4H3,(H,17,18,19). The monoisotopic (exact) mass is 294 g/mol. The molecule has 2 N–H and O–H groups in total. The fourth-order valence-corrected chi connectivity index (χ4v) is 2.24. The SMILES string of the molecule is CCCNc1nc(CC)nc(N(C)CCCCCO)c1C. The third-order valence-electron chi connectivity index (χ3n) is 3.54. The summed E-state index contributed by atoms with van der Waals surface area (Å²) in [6.07, 6.45) is 4.91. The van der Waals surface area contributed by atoms with Gasteiger partial charge in [0.25, 0.3) is 0 Å². The van der Waals surface area contributed by atoms with Gasteiger partial charge < -0.3 is 15.3 Å². The molecule has 120 valence electrons. The molecular formula is C16H30N4O. The maximum atomic E-state index is 8.84. The van der Waals surface area contributed by atoms with Crippen LogP contribution in [0.2, 0.25) is 0 Å². The molecule has 21 heavy (non-hydrogen) atoms. The summed E-state index contributed by atoms with van der Waals surface area (Å²) in [6, 6.07) is 0. The molecule has 0 bridgehead atoms. The molecule has 0 spiro atoms. The van der Waals surface area contributed by atoms with Crippen molar-refractivity contribution < 1.29 is 5.11 Å². The Balaban J connectivity index is 2.83. The molecule has 0 aromatic carbocycles. The van der Waals surface area contributed by atoms with E-state index in [1.807, 2.05) is 0 Å². The molecule has 0 fully saturated rings. The normalized spacial score (nSPS) is 10.7. The van der Waals surface area contributed by atoms with Crippen LogP contribution >= 0.6 is 0 Å². The first-order valence-corrected chi connectivity index (χ1v) is 8.07. The highest BCUT2D eigenvalue weighted by molar-refractivity contribution is 5.58. The van der Waals surface area contributed by atoms with Gasteiger partial charge in [-0.1, -0.05) is 13.8 Å². The van der Waals surface area contributed by atoms with E-state index in [1.54, 1.807) is 0 Å². The van der Waals surface area contributed by atoms with Crippen molar-refractivity contribution in [3.63, 3.8) is 0 Å². The summed E-state index contributed by atoms with van der Waals surface area (Å²) in [5.41, 5.74) is 1.12. The van der Waals surface area contributed by atoms with Crippen LogP contribution in [0.1, 0.15) is 50.9 Å². The van der Waals surface area contributed by atoms with Gasteiger partial charge in [0.15, 0.2) is 0 Å². The second-order valence-corrected chi connectivity index (χ2v) is 5.42. The topological polar surface area (TPSA) is 61.3 Å². The van der Waals surface area contributed by atoms with Gasteiger partial charge in [0.05, 0.1) is 0 Å². The van der Waals surface area contributed by atoms with E-state index < -0.39 is 0 Å². The van der Waals surface area contributed by atoms with Crippen LogP contribution < -0.4 is 10.2 Å². The van der Waals surface area contributed by atoms with Gasteiger partial charge in [0.1, 0.15) is 17.5 Å². The molecule has 0 aliphatic carbocycles. The average Bonchev–Trinajstić information content (AvgIpc) is 2.50. The van der Waals surface area contributed by atoms with Crippen molar-refractivity contribution in [2.75, 3.05) is 37.0 Å². The molecule has 5 nitrogen and oxygen atoms in total. The number of aromatic nitrogens is 2. The lowest BCUT2D eigenvalue weighted by atomic mass is 10.2. The number of nitrogens with one attached hydrogen (secondary N) is 1. The number of aryl methyl sites for hydroxylation is 1. The van der Waals surface area contributed by atoms with E-state index in [0.29, 0.717) is 0 Å². The molecule has 0 atom stereocenters. The smallest absolute Gasteiger partial charge is 0.137 e. The summed E-state index contributed by atoms with van der Waals surface area (Å²) in [6.45, 7) is 8.48. The zero-order chi connectivity index (χ0) is 15.7. The molecule has 0 saturated heterocycles. The van der Waals surface area contributed by atoms with Crippen molar-refractivity contribution in [1.29, 1.82) is 0 Å². The number of rotatable bonds is 10. The third-order valence-corrected chi connectivity index (χ3v) is 3.54. The van der Waals surface area contributed by atoms with Crippen LogP contribution in [-0.4, -0.2) is 41.8 Å². The predicted octanol–water partition coefficient (Wildman–Crippen LogP) is 2.77. The number of aliphatic hydroxyl groups is 1. The molecule has 0 aliphatic heterocycles. The lowest BCUT2D eigenvalue weighted by Crippen LogP contribution is -2.22. The van der Waals surface area contributed by atoms with Crippen LogP contribution in [0.4, 0.5) is 11.6 Å². The van der Waals surface area contributed by atoms with Gasteiger partial charge in [-0.25, -0.2) is 9.97 Å². The van der Waals surface area contributed by atoms with E-state index in [2.05, 4.69) is 48.0 Å². The molecule has 0 saturated carbocycles. The molecule has 0 radical (unpaired) electrons. The largest absolute Gasteiger partial charge is 0.396 e. The van der Waals surface area contributed by atoms with E-state index in [9.17, 15) is 0 Å². The molecule has 1 heterocycles. The first-order valence-electron chi connectivity index (χ1n) is 8.07. The fourth-order valence-electron chi connectivity index (χ4n) is 2.24. The van der Waals surface area contributed by atoms with Gasteiger partial charge in [-0.05, 0) is 32.6 Å². The number of hydrogen-bond donors (Lipinski definition) is 2. The van der Waals surface area contributed by atoms with E-state index >= 15 is 0 Å². The van der Waals surface area contributed by atoms with Crippen LogP contribution in [0.15, 0.2) is 0 Å². The second-order valence-electron chi connectivity index (χ2n) is 5.42. The lowest BCUT2D eigenvalue weighted by Gasteiger charge is -2.22. The van der Waals surface area contributed by atoms with Crippen molar-refractivity contribution in [3.8, 4) is 0 Å². The van der Waals surface area contributed by atoms with Crippen LogP contribution in [0.5, 0.6) is 0 Å². The number of unbranched alkanes of at least 4 members (excludes halogenated alkanes) is 2. The van der Waals surface area contributed by atoms with Crippen molar-refractivity contribution >= 4 is 11.6 Å². The number of nitrogens with zero attached hydrogens (tertiary/aromatic N) is 3. The summed E-state index contributed by atoms with van der Waals surface area (Å²) < 4.78 is 0. The number of anilines is 2. The highest BCUT2D eigenvalue weighted by atomic mass is 16.2. The van der Waals surface area contributed by atoms with Crippen LogP contribution in [-0.2, 0) is 6.42 Å². The summed E-state index contributed by atoms with van der Waals surface area (Å²) >= 11 is 0. The van der Waals surface area contributed by atoms with Gasteiger partial charge in [-0.15, -0.1) is 0 Å². The van der Waals surface area contributed by atoms with Gasteiger partial charge in [0.2, 0.25) is 0 Å². The number of hydrogen-bond acceptors (Lipinski definition) is 5. The first-order chi connectivity index (χ1) is 10.1. The van der Waals surface area contributed by atoms with E-state index in [1.165, 1.54) is 0 Å². The van der Waals surface area contributed by atoms with Crippen LogP contribution in [0.3, 0.4) is 0 Å². The van der Waals surface area contributed by atoms with Crippen LogP contribution in [0.25, 0.3) is 0 Å². The van der Waals surface area contributed by atoms with E-state index in [-0.39, 0.29) is 6.61 Å². The molecule has 5 heteroatoms. The third kappa shape index (κ3) is 5.50. The zero-order valence-electron chi connectivity index (χ0n) is 13.9. The molecule has 1 rings (SSSR count). The highest BCUT2D eigenvalue weighted by Gasteiger charge is 2.13. The Morgan fingerprint density at radius 2 is 1.90 bits per heavy atom. The van der Waals surface area contributed by atoms with Crippen LogP contribution in [0, 0.1) is 6.92 Å². The zero-order valence-corrected chi connectivity index (χ0v) is 13.9. The maximum absolute atomic E-state index is 8.84. The van der Waals surface area contributed by atoms with Gasteiger partial charge in [-0.3, -0.25) is 0 Å². The van der Waals surface area contributed by atoms with Gasteiger partial charge in [0, 0.05) is 38.7 Å². The first kappa shape index (κ1) is 17.7. The highest BCUT2D eigenvalue weighted by Crippen LogP contribution is 2.23. The van der Waals surface area contributed by atoms with Crippen molar-refractivity contribution in [2.45, 2.75) is 52.9 Å². The Bertz CT molecular complexity index is 423. The van der Waals surface area contributed by atoms with E-state index in [4.69, 9.17) is 5.11 Å². The quantitative estimate of drug-likeness (QED) is 0.650. The average molecular weight is 294 g/mol. The van der Waals surface area contributed by atoms with Crippen molar-refractivity contribution in [2.24, 2.45) is 0 Å². The summed E-state index contributed by atoms with van der Waals surface area (Å²) in [5, 5.41) is 12.2. The minimum Gasteiger partial charge on any atom is -0.396 e. The Morgan fingerprint density at radius 3 is 2.52 bits per heavy atom. The number of aliphatic hydroxyl groups excluding tert-OH is 1. The Morgan fingerprint density at radius 1 is 1.14 bits per heavy atom. The maximum Gasteiger partial charge on any atom is 0.137 e. The molecule has 0 amide bonds. The van der Waals surface area contributed by atoms with Gasteiger partial charge >= 0.3 is 0 Å².